The second-order valence-electron chi connectivity index (χ2n) is 7.99. The van der Waals surface area contributed by atoms with Crippen LogP contribution in [0.4, 0.5) is 14.5 Å². The van der Waals surface area contributed by atoms with E-state index in [0.29, 0.717) is 17.7 Å². The van der Waals surface area contributed by atoms with E-state index in [0.717, 1.165) is 44.2 Å². The third-order valence-electron chi connectivity index (χ3n) is 5.93. The lowest BCUT2D eigenvalue weighted by molar-refractivity contribution is 0.156. The molecule has 0 spiro atoms. The summed E-state index contributed by atoms with van der Waals surface area (Å²) < 4.78 is 39.7. The molecule has 7 heteroatoms. The average molecular weight is 473 g/mol. The molecule has 1 atom stereocenters. The van der Waals surface area contributed by atoms with Crippen LogP contribution in [0.2, 0.25) is 5.02 Å². The molecule has 1 aliphatic rings. The summed E-state index contributed by atoms with van der Waals surface area (Å²) in [6.07, 6.45) is 0.0740. The Bertz CT molecular complexity index is 1070. The molecule has 1 heterocycles. The number of hydrogen-bond donors (Lipinski definition) is 0. The maximum Gasteiger partial charge on any atom is 0.142 e. The number of piperazine rings is 1. The lowest BCUT2D eigenvalue weighted by Gasteiger charge is -2.37. The van der Waals surface area contributed by atoms with Crippen LogP contribution in [0, 0.1) is 11.6 Å². The molecule has 4 nitrogen and oxygen atoms in total. The first-order valence-electron chi connectivity index (χ1n) is 11.0. The van der Waals surface area contributed by atoms with Crippen molar-refractivity contribution in [3.05, 3.63) is 89.0 Å². The molecule has 1 saturated heterocycles. The number of methoxy groups -OCH3 is 1. The van der Waals surface area contributed by atoms with Crippen molar-refractivity contribution < 1.29 is 18.3 Å². The van der Waals surface area contributed by atoms with Crippen LogP contribution in [0.15, 0.2) is 66.7 Å². The van der Waals surface area contributed by atoms with Gasteiger partial charge in [-0.05, 0) is 30.3 Å². The molecule has 174 valence electrons. The van der Waals surface area contributed by atoms with Gasteiger partial charge in [-0.3, -0.25) is 4.90 Å². The second-order valence-corrected chi connectivity index (χ2v) is 8.40. The predicted molar refractivity (Wildman–Crippen MR) is 127 cm³/mol. The van der Waals surface area contributed by atoms with E-state index >= 15 is 0 Å². The largest absolute Gasteiger partial charge is 0.495 e. The van der Waals surface area contributed by atoms with E-state index in [9.17, 15) is 8.78 Å². The first-order chi connectivity index (χ1) is 16.0. The fourth-order valence-corrected chi connectivity index (χ4v) is 4.30. The monoisotopic (exact) mass is 472 g/mol. The first-order valence-corrected chi connectivity index (χ1v) is 11.4. The summed E-state index contributed by atoms with van der Waals surface area (Å²) >= 11 is 5.91. The first kappa shape index (κ1) is 23.3. The highest BCUT2D eigenvalue weighted by atomic mass is 35.5. The van der Waals surface area contributed by atoms with Crippen molar-refractivity contribution in [2.75, 3.05) is 44.7 Å². The number of para-hydroxylation sites is 2. The Labute approximate surface area is 198 Å². The minimum Gasteiger partial charge on any atom is -0.495 e. The highest BCUT2D eigenvalue weighted by Crippen LogP contribution is 2.31. The standard InChI is InChI=1S/C26H27ClF2N2O2/c1-32-26-9-5-4-8-24(26)31-16-14-30(15-17-31)13-12-25(20-6-2-3-7-22(20)28)33-19-10-11-23(29)21(27)18-19/h2-11,18,25H,12-17H2,1H3/t25-/m1/s1. The molecule has 0 saturated carbocycles. The third kappa shape index (κ3) is 5.75. The number of anilines is 1. The van der Waals surface area contributed by atoms with Gasteiger partial charge in [-0.1, -0.05) is 41.9 Å². The molecule has 33 heavy (non-hydrogen) atoms. The van der Waals surface area contributed by atoms with Crippen LogP contribution in [-0.2, 0) is 0 Å². The van der Waals surface area contributed by atoms with Crippen LogP contribution in [0.25, 0.3) is 0 Å². The molecule has 1 fully saturated rings. The van der Waals surface area contributed by atoms with E-state index in [1.165, 1.54) is 24.3 Å². The summed E-state index contributed by atoms with van der Waals surface area (Å²) in [6, 6.07) is 18.8. The van der Waals surface area contributed by atoms with Gasteiger partial charge in [0.05, 0.1) is 17.8 Å². The zero-order chi connectivity index (χ0) is 23.2. The van der Waals surface area contributed by atoms with Crippen LogP contribution < -0.4 is 14.4 Å². The molecule has 0 radical (unpaired) electrons. The molecule has 0 unspecified atom stereocenters. The molecule has 0 amide bonds. The molecule has 0 N–H and O–H groups in total. The fraction of sp³-hybridized carbons (Fsp3) is 0.308. The Hall–Kier alpha value is -2.83. The summed E-state index contributed by atoms with van der Waals surface area (Å²) in [5.41, 5.74) is 1.58. The van der Waals surface area contributed by atoms with Crippen molar-refractivity contribution in [1.29, 1.82) is 0 Å². The highest BCUT2D eigenvalue weighted by molar-refractivity contribution is 6.30. The van der Waals surface area contributed by atoms with E-state index in [2.05, 4.69) is 15.9 Å². The van der Waals surface area contributed by atoms with Crippen LogP contribution in [0.3, 0.4) is 0 Å². The Morgan fingerprint density at radius 1 is 0.909 bits per heavy atom. The van der Waals surface area contributed by atoms with Crippen molar-refractivity contribution in [3.8, 4) is 11.5 Å². The van der Waals surface area contributed by atoms with Gasteiger partial charge in [0.15, 0.2) is 0 Å². The lowest BCUT2D eigenvalue weighted by Crippen LogP contribution is -2.47. The summed E-state index contributed by atoms with van der Waals surface area (Å²) in [5, 5.41) is -0.0211. The number of benzene rings is 3. The van der Waals surface area contributed by atoms with Crippen molar-refractivity contribution in [2.24, 2.45) is 0 Å². The SMILES string of the molecule is COc1ccccc1N1CCN(CC[C@@H](Oc2ccc(F)c(Cl)c2)c2ccccc2F)CC1. The molecule has 3 aromatic carbocycles. The van der Waals surface area contributed by atoms with Crippen LogP contribution in [0.1, 0.15) is 18.1 Å². The fourth-order valence-electron chi connectivity index (χ4n) is 4.13. The van der Waals surface area contributed by atoms with E-state index in [1.54, 1.807) is 25.3 Å². The molecule has 0 aliphatic carbocycles. The maximum absolute atomic E-state index is 14.6. The van der Waals surface area contributed by atoms with Crippen molar-refractivity contribution in [1.82, 2.24) is 4.90 Å². The van der Waals surface area contributed by atoms with Crippen LogP contribution >= 0.6 is 11.6 Å². The minimum absolute atomic E-state index is 0.0211. The number of ether oxygens (including phenoxy) is 2. The molecule has 4 rings (SSSR count). The van der Waals surface area contributed by atoms with Gasteiger partial charge < -0.3 is 14.4 Å². The molecular weight excluding hydrogens is 446 g/mol. The smallest absolute Gasteiger partial charge is 0.142 e. The van der Waals surface area contributed by atoms with Crippen LogP contribution in [-0.4, -0.2) is 44.7 Å². The summed E-state index contributed by atoms with van der Waals surface area (Å²) in [7, 11) is 1.69. The Balaban J connectivity index is 1.41. The Morgan fingerprint density at radius 2 is 1.64 bits per heavy atom. The molecule has 0 aromatic heterocycles. The molecule has 1 aliphatic heterocycles. The normalized spacial score (nSPS) is 15.3. The van der Waals surface area contributed by atoms with Gasteiger partial charge in [-0.25, -0.2) is 8.78 Å². The van der Waals surface area contributed by atoms with Gasteiger partial charge in [0.1, 0.15) is 29.2 Å². The summed E-state index contributed by atoms with van der Waals surface area (Å²) in [6.45, 7) is 4.25. The number of halogens is 3. The van der Waals surface area contributed by atoms with Gasteiger partial charge in [-0.15, -0.1) is 0 Å². The number of hydrogen-bond acceptors (Lipinski definition) is 4. The predicted octanol–water partition coefficient (Wildman–Crippen LogP) is 5.96. The lowest BCUT2D eigenvalue weighted by atomic mass is 10.0. The summed E-state index contributed by atoms with van der Waals surface area (Å²) in [4.78, 5) is 4.67. The zero-order valence-corrected chi connectivity index (χ0v) is 19.3. The van der Waals surface area contributed by atoms with E-state index in [1.807, 2.05) is 18.2 Å². The van der Waals surface area contributed by atoms with Crippen molar-refractivity contribution >= 4 is 17.3 Å². The molecule has 0 bridgehead atoms. The number of rotatable bonds is 8. The van der Waals surface area contributed by atoms with Gasteiger partial charge in [-0.2, -0.15) is 0 Å². The maximum atomic E-state index is 14.6. The second kappa shape index (κ2) is 10.9. The van der Waals surface area contributed by atoms with Gasteiger partial charge in [0.2, 0.25) is 0 Å². The minimum atomic E-state index is -0.514. The third-order valence-corrected chi connectivity index (χ3v) is 6.22. The molecule has 3 aromatic rings. The highest BCUT2D eigenvalue weighted by Gasteiger charge is 2.23. The van der Waals surface area contributed by atoms with Gasteiger partial charge >= 0.3 is 0 Å². The quantitative estimate of drug-likeness (QED) is 0.404. The zero-order valence-electron chi connectivity index (χ0n) is 18.5. The molecular formula is C26H27ClF2N2O2. The Morgan fingerprint density at radius 3 is 2.36 bits per heavy atom. The van der Waals surface area contributed by atoms with Crippen molar-refractivity contribution in [3.63, 3.8) is 0 Å². The van der Waals surface area contributed by atoms with Crippen LogP contribution in [0.5, 0.6) is 11.5 Å². The topological polar surface area (TPSA) is 24.9 Å². The number of nitrogens with zero attached hydrogens (tertiary/aromatic N) is 2. The Kier molecular flexibility index (Phi) is 7.68. The van der Waals surface area contributed by atoms with Gasteiger partial charge in [0.25, 0.3) is 0 Å². The average Bonchev–Trinajstić information content (AvgIpc) is 2.85. The van der Waals surface area contributed by atoms with E-state index < -0.39 is 11.9 Å². The summed E-state index contributed by atoms with van der Waals surface area (Å²) in [5.74, 6) is 0.448. The van der Waals surface area contributed by atoms with Crippen molar-refractivity contribution in [2.45, 2.75) is 12.5 Å². The van der Waals surface area contributed by atoms with E-state index in [4.69, 9.17) is 21.1 Å². The van der Waals surface area contributed by atoms with E-state index in [-0.39, 0.29) is 10.8 Å². The van der Waals surface area contributed by atoms with Gasteiger partial charge in [0, 0.05) is 50.8 Å².